The molecule has 46 heavy (non-hydrogen) atoms. The van der Waals surface area contributed by atoms with Crippen LogP contribution >= 0.6 is 31.0 Å². The van der Waals surface area contributed by atoms with Crippen LogP contribution in [0.2, 0.25) is 0 Å². The highest BCUT2D eigenvalue weighted by Gasteiger charge is 2.20. The minimum absolute atomic E-state index is 0.594. The predicted molar refractivity (Wildman–Crippen MR) is 153 cm³/mol. The molecule has 0 saturated carbocycles. The second kappa shape index (κ2) is 29.3. The van der Waals surface area contributed by atoms with E-state index in [0.717, 1.165) is 56.6 Å². The molecule has 19 nitrogen and oxygen atoms in total. The summed E-state index contributed by atoms with van der Waals surface area (Å²) < 4.78 is 39.9. The fourth-order valence-corrected chi connectivity index (χ4v) is 2.01. The zero-order valence-corrected chi connectivity index (χ0v) is 27.3. The number of hydrogen-bond donors (Lipinski definition) is 3. The van der Waals surface area contributed by atoms with Crippen LogP contribution in [0, 0.1) is 0 Å². The van der Waals surface area contributed by atoms with Gasteiger partial charge in [-0.25, -0.2) is 42.7 Å². The van der Waals surface area contributed by atoms with E-state index < -0.39 is 66.7 Å². The Kier molecular flexibility index (Phi) is 30.9. The summed E-state index contributed by atoms with van der Waals surface area (Å²) in [5.41, 5.74) is -0.709. The van der Waals surface area contributed by atoms with Crippen LogP contribution in [0.3, 0.4) is 0 Å². The van der Waals surface area contributed by atoms with Crippen molar-refractivity contribution in [1.82, 2.24) is 0 Å². The van der Waals surface area contributed by atoms with Crippen molar-refractivity contribution in [1.29, 1.82) is 0 Å². The SMILES string of the molecule is COC(=O)/C=C/C(=O)Cl.COC(=O)/C=C/C(=O)O.COC(=O)/C=C/C(=O)OC(C)Cl.COC(=O)/C=C/C(=O)OC(C)OP(=O)(O)O. The molecule has 22 heteroatoms. The summed E-state index contributed by atoms with van der Waals surface area (Å²) in [6, 6.07) is 0. The van der Waals surface area contributed by atoms with Crippen molar-refractivity contribution in [3.8, 4) is 0 Å². The molecule has 0 spiro atoms. The van der Waals surface area contributed by atoms with Crippen LogP contribution in [-0.4, -0.2) is 102 Å². The van der Waals surface area contributed by atoms with Crippen LogP contribution in [0.4, 0.5) is 0 Å². The number of alkyl halides is 1. The number of carboxylic acids is 1. The molecule has 0 aliphatic carbocycles. The van der Waals surface area contributed by atoms with E-state index in [1.54, 1.807) is 0 Å². The quantitative estimate of drug-likeness (QED) is 0.0478. The number of allylic oxidation sites excluding steroid dienone is 1. The second-order valence-corrected chi connectivity index (χ2v) is 8.83. The number of phosphoric acid groups is 1. The Morgan fingerprint density at radius 2 is 0.891 bits per heavy atom. The monoisotopic (exact) mass is 724 g/mol. The number of rotatable bonds is 12. The van der Waals surface area contributed by atoms with Crippen LogP contribution in [0.15, 0.2) is 48.6 Å². The van der Waals surface area contributed by atoms with E-state index in [-0.39, 0.29) is 0 Å². The van der Waals surface area contributed by atoms with Crippen molar-refractivity contribution in [2.75, 3.05) is 28.4 Å². The number of methoxy groups -OCH3 is 4. The maximum Gasteiger partial charge on any atom is 0.472 e. The summed E-state index contributed by atoms with van der Waals surface area (Å²) >= 11 is 10.2. The van der Waals surface area contributed by atoms with Gasteiger partial charge in [0.25, 0.3) is 0 Å². The van der Waals surface area contributed by atoms with Gasteiger partial charge < -0.3 is 43.3 Å². The van der Waals surface area contributed by atoms with Gasteiger partial charge in [-0.3, -0.25) is 4.79 Å². The number of hydrogen-bond acceptors (Lipinski definition) is 16. The van der Waals surface area contributed by atoms with Gasteiger partial charge in [-0.1, -0.05) is 11.6 Å². The molecule has 0 aromatic carbocycles. The van der Waals surface area contributed by atoms with Crippen molar-refractivity contribution in [2.45, 2.75) is 25.7 Å². The van der Waals surface area contributed by atoms with E-state index in [4.69, 9.17) is 38.1 Å². The van der Waals surface area contributed by atoms with Gasteiger partial charge in [-0.15, -0.1) is 0 Å². The lowest BCUT2D eigenvalue weighted by molar-refractivity contribution is -0.157. The normalized spacial score (nSPS) is 11.7. The molecule has 0 aliphatic heterocycles. The number of carbonyl (C=O) groups excluding carboxylic acids is 7. The summed E-state index contributed by atoms with van der Waals surface area (Å²) in [5, 5.41) is 7.27. The van der Waals surface area contributed by atoms with Crippen LogP contribution in [0.1, 0.15) is 13.8 Å². The average Bonchev–Trinajstić information content (AvgIpc) is 2.95. The first-order chi connectivity index (χ1) is 21.1. The van der Waals surface area contributed by atoms with Gasteiger partial charge in [0.1, 0.15) is 0 Å². The van der Waals surface area contributed by atoms with Crippen LogP contribution in [0.5, 0.6) is 0 Å². The summed E-state index contributed by atoms with van der Waals surface area (Å²) in [5.74, 6) is -5.48. The molecule has 260 valence electrons. The van der Waals surface area contributed by atoms with Crippen LogP contribution in [-0.2, 0) is 75.9 Å². The highest BCUT2D eigenvalue weighted by atomic mass is 35.5. The van der Waals surface area contributed by atoms with Crippen LogP contribution < -0.4 is 0 Å². The fourth-order valence-electron chi connectivity index (χ4n) is 1.43. The van der Waals surface area contributed by atoms with E-state index in [2.05, 4.69) is 32.9 Å². The first-order valence-corrected chi connectivity index (χ1v) is 13.7. The molecule has 0 aliphatic rings. The summed E-state index contributed by atoms with van der Waals surface area (Å²) in [6.07, 6.45) is 5.44. The van der Waals surface area contributed by atoms with Gasteiger partial charge in [0.2, 0.25) is 11.5 Å². The number of halogens is 2. The Morgan fingerprint density at radius 1 is 0.587 bits per heavy atom. The van der Waals surface area contributed by atoms with Gasteiger partial charge in [0, 0.05) is 48.6 Å². The Balaban J connectivity index is -0.000000264. The first kappa shape index (κ1) is 48.5. The molecule has 0 aromatic heterocycles. The summed E-state index contributed by atoms with van der Waals surface area (Å²) in [4.78, 5) is 99.3. The van der Waals surface area contributed by atoms with Crippen molar-refractivity contribution in [3.63, 3.8) is 0 Å². The van der Waals surface area contributed by atoms with E-state index in [9.17, 15) is 42.9 Å². The zero-order chi connectivity index (χ0) is 36.9. The van der Waals surface area contributed by atoms with Gasteiger partial charge in [-0.2, -0.15) is 0 Å². The smallest absolute Gasteiger partial charge is 0.472 e. The van der Waals surface area contributed by atoms with Crippen molar-refractivity contribution in [3.05, 3.63) is 48.6 Å². The lowest BCUT2D eigenvalue weighted by Gasteiger charge is -2.12. The molecular weight excluding hydrogens is 694 g/mol. The summed E-state index contributed by atoms with van der Waals surface area (Å²) in [7, 11) is 0.00705. The van der Waals surface area contributed by atoms with Crippen LogP contribution in [0.25, 0.3) is 0 Å². The zero-order valence-electron chi connectivity index (χ0n) is 24.9. The topological polar surface area (TPSA) is 279 Å². The molecule has 0 fully saturated rings. The average molecular weight is 725 g/mol. The maximum absolute atomic E-state index is 10.9. The van der Waals surface area contributed by atoms with E-state index >= 15 is 0 Å². The second-order valence-electron chi connectivity index (χ2n) is 6.65. The van der Waals surface area contributed by atoms with E-state index in [0.29, 0.717) is 6.08 Å². The molecule has 0 amide bonds. The molecular formula is C24H31Cl2O19P. The Labute approximate surface area is 271 Å². The molecule has 0 aromatic rings. The van der Waals surface area contributed by atoms with Crippen molar-refractivity contribution >= 4 is 78.1 Å². The Hall–Kier alpha value is -4.39. The lowest BCUT2D eigenvalue weighted by Crippen LogP contribution is -2.15. The van der Waals surface area contributed by atoms with Gasteiger partial charge in [0.05, 0.1) is 28.4 Å². The molecule has 0 heterocycles. The minimum Gasteiger partial charge on any atom is -0.478 e. The van der Waals surface area contributed by atoms with Crippen molar-refractivity contribution in [2.24, 2.45) is 0 Å². The Morgan fingerprint density at radius 3 is 1.17 bits per heavy atom. The molecule has 0 rings (SSSR count). The molecule has 3 N–H and O–H groups in total. The third-order valence-electron chi connectivity index (χ3n) is 3.07. The highest BCUT2D eigenvalue weighted by Crippen LogP contribution is 2.37. The number of esters is 6. The standard InChI is InChI=1S/C7H9ClO4.C7H11O8P.C5H5ClO3.C5H6O4/c1-5(8)12-7(10)4-3-6(9)11-2;1-5(15-16(10,11)12)14-7(9)4-3-6(8)13-2;2*1-9-5(8)3-2-4(6)7/h3-5H,1-2H3;3-5H,1-2H3,(H2,10,11,12);2-3H,1H3;2-3H,1H3,(H,6,7)/b2*4-3+;2*3-2+. The largest absolute Gasteiger partial charge is 0.478 e. The Bertz CT molecular complexity index is 1150. The van der Waals surface area contributed by atoms with E-state index in [1.807, 2.05) is 0 Å². The molecule has 0 saturated heterocycles. The summed E-state index contributed by atoms with van der Waals surface area (Å²) in [6.45, 7) is 2.61. The number of phosphoric ester groups is 1. The molecule has 2 unspecified atom stereocenters. The first-order valence-electron chi connectivity index (χ1n) is 11.4. The van der Waals surface area contributed by atoms with Gasteiger partial charge in [0.15, 0.2) is 5.56 Å². The van der Waals surface area contributed by atoms with E-state index in [1.165, 1.54) is 28.3 Å². The highest BCUT2D eigenvalue weighted by molar-refractivity contribution is 7.46. The third-order valence-corrected chi connectivity index (χ3v) is 3.86. The number of aliphatic carboxylic acids is 1. The maximum atomic E-state index is 10.9. The third kappa shape index (κ3) is 44.1. The predicted octanol–water partition coefficient (Wildman–Crippen LogP) is 0.839. The number of carbonyl (C=O) groups is 8. The van der Waals surface area contributed by atoms with Crippen molar-refractivity contribution < 1.29 is 90.8 Å². The molecule has 2 atom stereocenters. The fraction of sp³-hybridized carbons (Fsp3) is 0.333. The number of carboxylic acid groups (broad SMARTS) is 1. The molecule has 0 radical (unpaired) electrons. The van der Waals surface area contributed by atoms with Gasteiger partial charge in [-0.05, 0) is 25.4 Å². The minimum atomic E-state index is -4.71. The van der Waals surface area contributed by atoms with Gasteiger partial charge >= 0.3 is 49.6 Å². The molecule has 0 bridgehead atoms. The lowest BCUT2D eigenvalue weighted by atomic mass is 10.5. The number of ether oxygens (including phenoxy) is 6.